The SMILES string of the molecule is CCNC(=S)NN=Cc1ccc(OCC)c2ccccc12. The second kappa shape index (κ2) is 7.59. The maximum atomic E-state index is 5.66. The summed E-state index contributed by atoms with van der Waals surface area (Å²) < 4.78 is 5.66. The standard InChI is InChI=1S/C16H19N3OS/c1-3-17-16(21)19-18-11-12-9-10-15(20-4-2)14-8-6-5-7-13(12)14/h5-11H,3-4H2,1-2H3,(H2,17,19,21). The van der Waals surface area contributed by atoms with E-state index in [-0.39, 0.29) is 0 Å². The van der Waals surface area contributed by atoms with Crippen LogP contribution in [0.25, 0.3) is 10.8 Å². The normalized spacial score (nSPS) is 10.8. The first-order valence-electron chi connectivity index (χ1n) is 6.97. The highest BCUT2D eigenvalue weighted by atomic mass is 32.1. The van der Waals surface area contributed by atoms with Crippen molar-refractivity contribution in [2.45, 2.75) is 13.8 Å². The third-order valence-electron chi connectivity index (χ3n) is 2.92. The van der Waals surface area contributed by atoms with Crippen molar-refractivity contribution in [2.24, 2.45) is 5.10 Å². The van der Waals surface area contributed by atoms with Crippen LogP contribution in [0.1, 0.15) is 19.4 Å². The molecule has 0 aromatic heterocycles. The minimum absolute atomic E-state index is 0.518. The monoisotopic (exact) mass is 301 g/mol. The highest BCUT2D eigenvalue weighted by Gasteiger charge is 2.04. The second-order valence-corrected chi connectivity index (χ2v) is 4.77. The van der Waals surface area contributed by atoms with Crippen LogP contribution in [0, 0.1) is 0 Å². The molecule has 0 aliphatic rings. The highest BCUT2D eigenvalue weighted by molar-refractivity contribution is 7.80. The van der Waals surface area contributed by atoms with Gasteiger partial charge in [-0.15, -0.1) is 0 Å². The number of hydrazone groups is 1. The van der Waals surface area contributed by atoms with E-state index >= 15 is 0 Å². The van der Waals surface area contributed by atoms with E-state index in [1.807, 2.05) is 44.2 Å². The Hall–Kier alpha value is -2.14. The van der Waals surface area contributed by atoms with Crippen LogP contribution in [-0.2, 0) is 0 Å². The number of rotatable bonds is 5. The third-order valence-corrected chi connectivity index (χ3v) is 3.16. The molecule has 0 amide bonds. The minimum Gasteiger partial charge on any atom is -0.493 e. The van der Waals surface area contributed by atoms with Crippen molar-refractivity contribution in [3.8, 4) is 5.75 Å². The first-order valence-corrected chi connectivity index (χ1v) is 7.38. The van der Waals surface area contributed by atoms with Gasteiger partial charge in [-0.3, -0.25) is 5.43 Å². The Bertz CT molecular complexity index is 655. The van der Waals surface area contributed by atoms with Crippen molar-refractivity contribution in [2.75, 3.05) is 13.2 Å². The second-order valence-electron chi connectivity index (χ2n) is 4.36. The molecular formula is C16H19N3OS. The Balaban J connectivity index is 2.26. The lowest BCUT2D eigenvalue weighted by molar-refractivity contribution is 0.344. The molecule has 0 unspecified atom stereocenters. The fourth-order valence-electron chi connectivity index (χ4n) is 2.05. The van der Waals surface area contributed by atoms with Crippen molar-refractivity contribution >= 4 is 34.3 Å². The van der Waals surface area contributed by atoms with E-state index in [0.29, 0.717) is 11.7 Å². The summed E-state index contributed by atoms with van der Waals surface area (Å²) in [6, 6.07) is 12.1. The zero-order valence-corrected chi connectivity index (χ0v) is 13.0. The summed E-state index contributed by atoms with van der Waals surface area (Å²) in [5.41, 5.74) is 3.81. The third kappa shape index (κ3) is 3.92. The highest BCUT2D eigenvalue weighted by Crippen LogP contribution is 2.27. The lowest BCUT2D eigenvalue weighted by Crippen LogP contribution is -2.31. The summed E-state index contributed by atoms with van der Waals surface area (Å²) >= 11 is 5.06. The van der Waals surface area contributed by atoms with Gasteiger partial charge in [-0.2, -0.15) is 5.10 Å². The quantitative estimate of drug-likeness (QED) is 0.506. The molecule has 0 saturated heterocycles. The number of hydrogen-bond acceptors (Lipinski definition) is 3. The zero-order chi connectivity index (χ0) is 15.1. The van der Waals surface area contributed by atoms with Crippen LogP contribution in [0.15, 0.2) is 41.5 Å². The fourth-order valence-corrected chi connectivity index (χ4v) is 2.25. The maximum absolute atomic E-state index is 5.66. The average molecular weight is 301 g/mol. The van der Waals surface area contributed by atoms with E-state index in [9.17, 15) is 0 Å². The molecule has 110 valence electrons. The van der Waals surface area contributed by atoms with Crippen molar-refractivity contribution in [1.82, 2.24) is 10.7 Å². The summed E-state index contributed by atoms with van der Waals surface area (Å²) in [6.45, 7) is 5.39. The molecule has 0 bridgehead atoms. The van der Waals surface area contributed by atoms with Crippen molar-refractivity contribution in [3.05, 3.63) is 42.0 Å². The van der Waals surface area contributed by atoms with E-state index in [2.05, 4.69) is 21.9 Å². The number of benzene rings is 2. The molecule has 5 heteroatoms. The molecule has 0 aliphatic carbocycles. The van der Waals surface area contributed by atoms with Gasteiger partial charge in [-0.05, 0) is 43.6 Å². The Morgan fingerprint density at radius 3 is 2.67 bits per heavy atom. The topological polar surface area (TPSA) is 45.7 Å². The Morgan fingerprint density at radius 1 is 1.19 bits per heavy atom. The Kier molecular flexibility index (Phi) is 5.51. The first kappa shape index (κ1) is 15.3. The summed E-state index contributed by atoms with van der Waals surface area (Å²) in [4.78, 5) is 0. The molecule has 21 heavy (non-hydrogen) atoms. The molecule has 2 N–H and O–H groups in total. The lowest BCUT2D eigenvalue weighted by Gasteiger charge is -2.09. The largest absolute Gasteiger partial charge is 0.493 e. The van der Waals surface area contributed by atoms with Crippen molar-refractivity contribution < 1.29 is 4.74 Å². The maximum Gasteiger partial charge on any atom is 0.186 e. The van der Waals surface area contributed by atoms with Crippen LogP contribution in [0.4, 0.5) is 0 Å². The number of nitrogens with one attached hydrogen (secondary N) is 2. The van der Waals surface area contributed by atoms with Gasteiger partial charge in [0.25, 0.3) is 0 Å². The molecule has 4 nitrogen and oxygen atoms in total. The van der Waals surface area contributed by atoms with Crippen molar-refractivity contribution in [3.63, 3.8) is 0 Å². The van der Waals surface area contributed by atoms with Gasteiger partial charge < -0.3 is 10.1 Å². The summed E-state index contributed by atoms with van der Waals surface area (Å²) in [7, 11) is 0. The fraction of sp³-hybridized carbons (Fsp3) is 0.250. The molecule has 0 aliphatic heterocycles. The molecule has 0 heterocycles. The number of hydrogen-bond donors (Lipinski definition) is 2. The molecule has 2 aromatic carbocycles. The van der Waals surface area contributed by atoms with E-state index in [4.69, 9.17) is 17.0 Å². The number of nitrogens with zero attached hydrogens (tertiary/aromatic N) is 1. The summed E-state index contributed by atoms with van der Waals surface area (Å²) in [5, 5.41) is 9.85. The zero-order valence-electron chi connectivity index (χ0n) is 12.2. The van der Waals surface area contributed by atoms with Gasteiger partial charge in [0.05, 0.1) is 12.8 Å². The molecule has 2 aromatic rings. The van der Waals surface area contributed by atoms with Crippen LogP contribution < -0.4 is 15.5 Å². The van der Waals surface area contributed by atoms with Gasteiger partial charge in [0.2, 0.25) is 0 Å². The smallest absolute Gasteiger partial charge is 0.186 e. The lowest BCUT2D eigenvalue weighted by atomic mass is 10.0. The molecule has 0 spiro atoms. The van der Waals surface area contributed by atoms with Gasteiger partial charge in [0.15, 0.2) is 5.11 Å². The molecule has 2 rings (SSSR count). The summed E-state index contributed by atoms with van der Waals surface area (Å²) in [6.07, 6.45) is 1.77. The number of fused-ring (bicyclic) bond motifs is 1. The van der Waals surface area contributed by atoms with Gasteiger partial charge >= 0.3 is 0 Å². The van der Waals surface area contributed by atoms with Gasteiger partial charge in [0, 0.05) is 17.5 Å². The molecule has 0 fully saturated rings. The Labute approximate surface area is 130 Å². The van der Waals surface area contributed by atoms with Crippen LogP contribution in [0.5, 0.6) is 5.75 Å². The van der Waals surface area contributed by atoms with Crippen molar-refractivity contribution in [1.29, 1.82) is 0 Å². The average Bonchev–Trinajstić information content (AvgIpc) is 2.50. The predicted molar refractivity (Wildman–Crippen MR) is 92.1 cm³/mol. The van der Waals surface area contributed by atoms with E-state index < -0.39 is 0 Å². The van der Waals surface area contributed by atoms with E-state index in [0.717, 1.165) is 28.6 Å². The molecular weight excluding hydrogens is 282 g/mol. The van der Waals surface area contributed by atoms with Crippen LogP contribution in [0.2, 0.25) is 0 Å². The van der Waals surface area contributed by atoms with Gasteiger partial charge in [0.1, 0.15) is 5.75 Å². The number of ether oxygens (including phenoxy) is 1. The van der Waals surface area contributed by atoms with Crippen LogP contribution in [0.3, 0.4) is 0 Å². The molecule has 0 radical (unpaired) electrons. The van der Waals surface area contributed by atoms with E-state index in [1.54, 1.807) is 6.21 Å². The first-order chi connectivity index (χ1) is 10.3. The minimum atomic E-state index is 0.518. The predicted octanol–water partition coefficient (Wildman–Crippen LogP) is 3.06. The Morgan fingerprint density at radius 2 is 1.95 bits per heavy atom. The molecule has 0 saturated carbocycles. The van der Waals surface area contributed by atoms with Crippen LogP contribution in [-0.4, -0.2) is 24.5 Å². The molecule has 0 atom stereocenters. The van der Waals surface area contributed by atoms with Crippen LogP contribution >= 0.6 is 12.2 Å². The number of thiocarbonyl (C=S) groups is 1. The van der Waals surface area contributed by atoms with E-state index in [1.165, 1.54) is 0 Å². The van der Waals surface area contributed by atoms with Gasteiger partial charge in [-0.1, -0.05) is 24.3 Å². The summed E-state index contributed by atoms with van der Waals surface area (Å²) in [5.74, 6) is 0.890. The van der Waals surface area contributed by atoms with Gasteiger partial charge in [-0.25, -0.2) is 0 Å².